The Labute approximate surface area is 77.7 Å². The van der Waals surface area contributed by atoms with E-state index in [2.05, 4.69) is 41.5 Å². The third kappa shape index (κ3) is 1.41. The fourth-order valence-electron chi connectivity index (χ4n) is 2.71. The standard InChI is InChI=1S/C12H24/c1-8(2)12(6,9(3)4)11-7-10(11)5/h8-11H,7H2,1-6H3. The van der Waals surface area contributed by atoms with Gasteiger partial charge in [-0.05, 0) is 35.5 Å². The molecule has 2 unspecified atom stereocenters. The van der Waals surface area contributed by atoms with E-state index >= 15 is 0 Å². The van der Waals surface area contributed by atoms with Gasteiger partial charge in [-0.15, -0.1) is 0 Å². The average molecular weight is 168 g/mol. The van der Waals surface area contributed by atoms with Crippen molar-refractivity contribution in [3.05, 3.63) is 0 Å². The lowest BCUT2D eigenvalue weighted by molar-refractivity contribution is 0.0986. The highest BCUT2D eigenvalue weighted by atomic mass is 14.5. The molecule has 12 heavy (non-hydrogen) atoms. The SMILES string of the molecule is CC1CC1C(C)(C(C)C)C(C)C. The summed E-state index contributed by atoms with van der Waals surface area (Å²) in [5.74, 6) is 3.64. The van der Waals surface area contributed by atoms with Gasteiger partial charge in [0.25, 0.3) is 0 Å². The summed E-state index contributed by atoms with van der Waals surface area (Å²) < 4.78 is 0. The molecule has 0 aromatic carbocycles. The van der Waals surface area contributed by atoms with Crippen molar-refractivity contribution in [2.24, 2.45) is 29.1 Å². The summed E-state index contributed by atoms with van der Waals surface area (Å²) in [6.45, 7) is 14.4. The molecule has 1 fully saturated rings. The third-order valence-electron chi connectivity index (χ3n) is 4.40. The zero-order chi connectivity index (χ0) is 9.52. The minimum absolute atomic E-state index is 0.583. The molecule has 0 aromatic heterocycles. The Morgan fingerprint density at radius 2 is 1.42 bits per heavy atom. The number of hydrogen-bond acceptors (Lipinski definition) is 0. The van der Waals surface area contributed by atoms with Crippen LogP contribution in [0.5, 0.6) is 0 Å². The van der Waals surface area contributed by atoms with Crippen molar-refractivity contribution < 1.29 is 0 Å². The molecular formula is C12H24. The highest BCUT2D eigenvalue weighted by Gasteiger charge is 2.50. The van der Waals surface area contributed by atoms with E-state index in [1.165, 1.54) is 6.42 Å². The van der Waals surface area contributed by atoms with Crippen LogP contribution in [0.3, 0.4) is 0 Å². The number of hydrogen-bond donors (Lipinski definition) is 0. The van der Waals surface area contributed by atoms with E-state index in [1.54, 1.807) is 0 Å². The molecule has 1 aliphatic rings. The molecule has 0 bridgehead atoms. The smallest absolute Gasteiger partial charge is 0.0249 e. The zero-order valence-corrected chi connectivity index (χ0v) is 9.52. The summed E-state index contributed by atoms with van der Waals surface area (Å²) in [5.41, 5.74) is 0.583. The lowest BCUT2D eigenvalue weighted by atomic mass is 9.66. The van der Waals surface area contributed by atoms with Crippen molar-refractivity contribution in [2.45, 2.75) is 48.0 Å². The maximum atomic E-state index is 2.48. The van der Waals surface area contributed by atoms with Gasteiger partial charge in [0.2, 0.25) is 0 Å². The van der Waals surface area contributed by atoms with Crippen molar-refractivity contribution in [3.63, 3.8) is 0 Å². The van der Waals surface area contributed by atoms with Gasteiger partial charge in [-0.3, -0.25) is 0 Å². The average Bonchev–Trinajstić information content (AvgIpc) is 2.64. The lowest BCUT2D eigenvalue weighted by Gasteiger charge is -2.39. The summed E-state index contributed by atoms with van der Waals surface area (Å²) in [4.78, 5) is 0. The molecule has 0 spiro atoms. The van der Waals surface area contributed by atoms with E-state index in [1.807, 2.05) is 0 Å². The minimum atomic E-state index is 0.583. The van der Waals surface area contributed by atoms with E-state index < -0.39 is 0 Å². The van der Waals surface area contributed by atoms with E-state index in [-0.39, 0.29) is 0 Å². The molecule has 0 aromatic rings. The molecule has 0 nitrogen and oxygen atoms in total. The van der Waals surface area contributed by atoms with Crippen LogP contribution < -0.4 is 0 Å². The van der Waals surface area contributed by atoms with Crippen LogP contribution in [0.25, 0.3) is 0 Å². The Balaban J connectivity index is 2.73. The van der Waals surface area contributed by atoms with Gasteiger partial charge in [-0.2, -0.15) is 0 Å². The molecule has 0 heteroatoms. The molecule has 0 aliphatic heterocycles. The maximum absolute atomic E-state index is 2.48. The summed E-state index contributed by atoms with van der Waals surface area (Å²) in [6.07, 6.45) is 1.47. The molecule has 0 amide bonds. The van der Waals surface area contributed by atoms with Crippen molar-refractivity contribution in [3.8, 4) is 0 Å². The first-order valence-electron chi connectivity index (χ1n) is 5.40. The van der Waals surface area contributed by atoms with Crippen LogP contribution >= 0.6 is 0 Å². The van der Waals surface area contributed by atoms with Gasteiger partial charge in [0.05, 0.1) is 0 Å². The van der Waals surface area contributed by atoms with Crippen molar-refractivity contribution >= 4 is 0 Å². The first kappa shape index (κ1) is 10.1. The Morgan fingerprint density at radius 3 is 1.50 bits per heavy atom. The van der Waals surface area contributed by atoms with Crippen molar-refractivity contribution in [1.82, 2.24) is 0 Å². The summed E-state index contributed by atoms with van der Waals surface area (Å²) in [5, 5.41) is 0. The van der Waals surface area contributed by atoms with Gasteiger partial charge < -0.3 is 0 Å². The molecule has 0 heterocycles. The molecular weight excluding hydrogens is 144 g/mol. The quantitative estimate of drug-likeness (QED) is 0.598. The zero-order valence-electron chi connectivity index (χ0n) is 9.52. The predicted octanol–water partition coefficient (Wildman–Crippen LogP) is 3.96. The van der Waals surface area contributed by atoms with Crippen LogP contribution in [0.1, 0.15) is 48.0 Å². The van der Waals surface area contributed by atoms with Crippen LogP contribution in [0.4, 0.5) is 0 Å². The highest BCUT2D eigenvalue weighted by Crippen LogP contribution is 2.57. The summed E-state index contributed by atoms with van der Waals surface area (Å²) in [6, 6.07) is 0. The Morgan fingerprint density at radius 1 is 1.08 bits per heavy atom. The van der Waals surface area contributed by atoms with Crippen LogP contribution in [0.15, 0.2) is 0 Å². The van der Waals surface area contributed by atoms with Crippen molar-refractivity contribution in [2.75, 3.05) is 0 Å². The van der Waals surface area contributed by atoms with Crippen LogP contribution in [-0.2, 0) is 0 Å². The second-order valence-corrected chi connectivity index (χ2v) is 5.49. The first-order valence-corrected chi connectivity index (χ1v) is 5.40. The molecule has 0 saturated heterocycles. The van der Waals surface area contributed by atoms with Gasteiger partial charge in [-0.25, -0.2) is 0 Å². The molecule has 1 aliphatic carbocycles. The molecule has 72 valence electrons. The van der Waals surface area contributed by atoms with Crippen LogP contribution in [0.2, 0.25) is 0 Å². The second-order valence-electron chi connectivity index (χ2n) is 5.49. The van der Waals surface area contributed by atoms with Gasteiger partial charge in [0.15, 0.2) is 0 Å². The fourth-order valence-corrected chi connectivity index (χ4v) is 2.71. The normalized spacial score (nSPS) is 30.0. The Bertz CT molecular complexity index is 147. The molecule has 1 saturated carbocycles. The lowest BCUT2D eigenvalue weighted by Crippen LogP contribution is -2.32. The number of rotatable bonds is 3. The topological polar surface area (TPSA) is 0 Å². The monoisotopic (exact) mass is 168 g/mol. The molecule has 1 rings (SSSR count). The highest BCUT2D eigenvalue weighted by molar-refractivity contribution is 4.98. The van der Waals surface area contributed by atoms with Crippen LogP contribution in [0, 0.1) is 29.1 Å². The van der Waals surface area contributed by atoms with E-state index in [4.69, 9.17) is 0 Å². The molecule has 0 radical (unpaired) electrons. The minimum Gasteiger partial charge on any atom is -0.0622 e. The van der Waals surface area contributed by atoms with Gasteiger partial charge >= 0.3 is 0 Å². The van der Waals surface area contributed by atoms with Crippen molar-refractivity contribution in [1.29, 1.82) is 0 Å². The van der Waals surface area contributed by atoms with E-state index in [0.29, 0.717) is 5.41 Å². The predicted molar refractivity (Wildman–Crippen MR) is 55.1 cm³/mol. The first-order chi connectivity index (χ1) is 5.40. The van der Waals surface area contributed by atoms with Crippen LogP contribution in [-0.4, -0.2) is 0 Å². The Kier molecular flexibility index (Phi) is 2.56. The third-order valence-corrected chi connectivity index (χ3v) is 4.40. The second kappa shape index (κ2) is 3.05. The summed E-state index contributed by atoms with van der Waals surface area (Å²) >= 11 is 0. The van der Waals surface area contributed by atoms with Gasteiger partial charge in [0, 0.05) is 0 Å². The van der Waals surface area contributed by atoms with Gasteiger partial charge in [0.1, 0.15) is 0 Å². The summed E-state index contributed by atoms with van der Waals surface area (Å²) in [7, 11) is 0. The van der Waals surface area contributed by atoms with Gasteiger partial charge in [-0.1, -0.05) is 41.5 Å². The molecule has 0 N–H and O–H groups in total. The fraction of sp³-hybridized carbons (Fsp3) is 1.00. The van der Waals surface area contributed by atoms with E-state index in [0.717, 1.165) is 23.7 Å². The largest absolute Gasteiger partial charge is 0.0622 e. The van der Waals surface area contributed by atoms with E-state index in [9.17, 15) is 0 Å². The Hall–Kier alpha value is 0. The molecule has 2 atom stereocenters. The maximum Gasteiger partial charge on any atom is -0.0249 e.